The van der Waals surface area contributed by atoms with Crippen molar-refractivity contribution in [3.63, 3.8) is 0 Å². The van der Waals surface area contributed by atoms with Gasteiger partial charge in [0.25, 0.3) is 0 Å². The molecule has 13 heavy (non-hydrogen) atoms. The molecule has 0 aliphatic carbocycles. The molecule has 1 nitrogen and oxygen atoms in total. The third kappa shape index (κ3) is 3.23. The Labute approximate surface area is 88.0 Å². The van der Waals surface area contributed by atoms with Crippen LogP contribution in [-0.2, 0) is 0 Å². The Morgan fingerprint density at radius 1 is 1.54 bits per heavy atom. The van der Waals surface area contributed by atoms with Gasteiger partial charge < -0.3 is 4.98 Å². The molecule has 0 saturated carbocycles. The highest BCUT2D eigenvalue weighted by atomic mass is 79.9. The van der Waals surface area contributed by atoms with Crippen molar-refractivity contribution < 1.29 is 0 Å². The zero-order chi connectivity index (χ0) is 10.3. The van der Waals surface area contributed by atoms with Crippen molar-refractivity contribution in [3.05, 3.63) is 35.5 Å². The summed E-state index contributed by atoms with van der Waals surface area (Å²) < 4.78 is 0.996. The average molecular weight is 242 g/mol. The molecule has 1 N–H and O–H groups in total. The molecule has 1 heterocycles. The highest BCUT2D eigenvalue weighted by Gasteiger charge is 1.88. The van der Waals surface area contributed by atoms with Crippen molar-refractivity contribution in [3.8, 4) is 0 Å². The first-order valence-corrected chi connectivity index (χ1v) is 5.21. The number of hydrogen-bond donors (Lipinski definition) is 1. The lowest BCUT2D eigenvalue weighted by molar-refractivity contribution is 1.31. The Morgan fingerprint density at radius 2 is 2.15 bits per heavy atom. The monoisotopic (exact) mass is 241 g/mol. The molecule has 0 saturated heterocycles. The fourth-order valence-electron chi connectivity index (χ4n) is 0.931. The molecule has 2 heteroatoms. The first-order valence-electron chi connectivity index (χ1n) is 4.41. The van der Waals surface area contributed by atoms with E-state index in [-0.39, 0.29) is 0 Å². The molecule has 1 aromatic heterocycles. The smallest absolute Gasteiger partial charge is 0.0594 e. The fraction of sp³-hybridized carbons (Fsp3) is 0.273. The van der Waals surface area contributed by atoms with Gasteiger partial charge in [-0.1, -0.05) is 32.6 Å². The summed E-state index contributed by atoms with van der Waals surface area (Å²) in [7, 11) is 0. The summed E-state index contributed by atoms with van der Waals surface area (Å²) in [5.41, 5.74) is 0. The minimum Gasteiger partial charge on any atom is -0.360 e. The molecule has 0 spiro atoms. The minimum absolute atomic E-state index is 0.996. The quantitative estimate of drug-likeness (QED) is 0.778. The number of nitrogens with one attached hydrogen (secondary N) is 1. The second-order valence-corrected chi connectivity index (χ2v) is 3.00. The second-order valence-electron chi connectivity index (χ2n) is 2.15. The van der Waals surface area contributed by atoms with Crippen LogP contribution in [0.4, 0.5) is 0 Å². The highest BCUT2D eigenvalue weighted by molar-refractivity contribution is 9.15. The van der Waals surface area contributed by atoms with Gasteiger partial charge in [-0.3, -0.25) is 0 Å². The summed E-state index contributed by atoms with van der Waals surface area (Å²) in [4.78, 5) is 3.12. The number of H-pyrrole nitrogens is 1. The Hall–Kier alpha value is -0.760. The Bertz CT molecular complexity index is 360. The third-order valence-electron chi connectivity index (χ3n) is 1.51. The van der Waals surface area contributed by atoms with Crippen LogP contribution in [0.25, 0.3) is 10.6 Å². The SMILES string of the molecule is C=C/C(Br)=c1/[nH]cc/c1=C/C.CC. The predicted octanol–water partition coefficient (Wildman–Crippen LogP) is 2.53. The summed E-state index contributed by atoms with van der Waals surface area (Å²) in [6.07, 6.45) is 5.74. The first-order chi connectivity index (χ1) is 6.29. The van der Waals surface area contributed by atoms with Crippen molar-refractivity contribution in [1.29, 1.82) is 0 Å². The van der Waals surface area contributed by atoms with E-state index in [1.54, 1.807) is 6.08 Å². The summed E-state index contributed by atoms with van der Waals surface area (Å²) in [5, 5.41) is 2.28. The maximum atomic E-state index is 3.67. The van der Waals surface area contributed by atoms with E-state index >= 15 is 0 Å². The second kappa shape index (κ2) is 6.72. The predicted molar refractivity (Wildman–Crippen MR) is 64.1 cm³/mol. The van der Waals surface area contributed by atoms with E-state index in [0.717, 1.165) is 9.83 Å². The van der Waals surface area contributed by atoms with Gasteiger partial charge in [0.15, 0.2) is 0 Å². The molecule has 0 atom stereocenters. The summed E-state index contributed by atoms with van der Waals surface area (Å²) in [6.45, 7) is 9.68. The van der Waals surface area contributed by atoms with E-state index in [1.807, 2.05) is 33.0 Å². The largest absolute Gasteiger partial charge is 0.360 e. The van der Waals surface area contributed by atoms with E-state index in [9.17, 15) is 0 Å². The topological polar surface area (TPSA) is 15.8 Å². The number of hydrogen-bond acceptors (Lipinski definition) is 0. The highest BCUT2D eigenvalue weighted by Crippen LogP contribution is 2.01. The van der Waals surface area contributed by atoms with Gasteiger partial charge in [0.1, 0.15) is 0 Å². The van der Waals surface area contributed by atoms with Gasteiger partial charge in [-0.25, -0.2) is 0 Å². The van der Waals surface area contributed by atoms with Gasteiger partial charge in [-0.2, -0.15) is 0 Å². The number of rotatable bonds is 1. The van der Waals surface area contributed by atoms with Gasteiger partial charge in [-0.05, 0) is 34.1 Å². The van der Waals surface area contributed by atoms with Crippen molar-refractivity contribution in [2.45, 2.75) is 20.8 Å². The lowest BCUT2D eigenvalue weighted by atomic mass is 10.4. The normalized spacial score (nSPS) is 13.1. The minimum atomic E-state index is 0.996. The van der Waals surface area contributed by atoms with Gasteiger partial charge in [0.05, 0.1) is 5.35 Å². The van der Waals surface area contributed by atoms with Crippen LogP contribution in [0.15, 0.2) is 24.9 Å². The lowest BCUT2D eigenvalue weighted by Gasteiger charge is -1.83. The van der Waals surface area contributed by atoms with E-state index in [4.69, 9.17) is 0 Å². The zero-order valence-corrected chi connectivity index (χ0v) is 9.98. The maximum absolute atomic E-state index is 3.67. The zero-order valence-electron chi connectivity index (χ0n) is 8.39. The molecule has 72 valence electrons. The van der Waals surface area contributed by atoms with Crippen LogP contribution in [-0.4, -0.2) is 4.98 Å². The van der Waals surface area contributed by atoms with Gasteiger partial charge in [0.2, 0.25) is 0 Å². The number of halogens is 1. The van der Waals surface area contributed by atoms with Crippen LogP contribution in [0.2, 0.25) is 0 Å². The molecular weight excluding hydrogens is 226 g/mol. The van der Waals surface area contributed by atoms with Gasteiger partial charge in [0, 0.05) is 10.7 Å². The molecule has 0 unspecified atom stereocenters. The van der Waals surface area contributed by atoms with Crippen LogP contribution in [0.1, 0.15) is 20.8 Å². The van der Waals surface area contributed by atoms with Crippen LogP contribution in [0.5, 0.6) is 0 Å². The van der Waals surface area contributed by atoms with E-state index in [2.05, 4.69) is 33.6 Å². The van der Waals surface area contributed by atoms with Crippen LogP contribution >= 0.6 is 15.9 Å². The molecule has 0 bridgehead atoms. The lowest BCUT2D eigenvalue weighted by Crippen LogP contribution is -2.22. The van der Waals surface area contributed by atoms with Crippen molar-refractivity contribution in [2.24, 2.45) is 0 Å². The summed E-state index contributed by atoms with van der Waals surface area (Å²) in [5.74, 6) is 0. The van der Waals surface area contributed by atoms with Crippen LogP contribution in [0, 0.1) is 0 Å². The number of aromatic amines is 1. The molecule has 0 aliphatic heterocycles. The molecule has 0 aromatic carbocycles. The maximum Gasteiger partial charge on any atom is 0.0594 e. The number of aromatic nitrogens is 1. The Balaban J connectivity index is 0.000000671. The third-order valence-corrected chi connectivity index (χ3v) is 2.23. The van der Waals surface area contributed by atoms with E-state index < -0.39 is 0 Å². The van der Waals surface area contributed by atoms with Gasteiger partial charge in [-0.15, -0.1) is 0 Å². The molecule has 0 amide bonds. The van der Waals surface area contributed by atoms with Crippen molar-refractivity contribution in [2.75, 3.05) is 0 Å². The molecule has 0 fully saturated rings. The van der Waals surface area contributed by atoms with E-state index in [0.29, 0.717) is 0 Å². The Kier molecular flexibility index (Phi) is 6.33. The van der Waals surface area contributed by atoms with Crippen molar-refractivity contribution in [1.82, 2.24) is 4.98 Å². The molecule has 1 rings (SSSR count). The molecule has 1 aromatic rings. The van der Waals surface area contributed by atoms with E-state index in [1.165, 1.54) is 5.22 Å². The number of allylic oxidation sites excluding steroid dienone is 1. The van der Waals surface area contributed by atoms with Crippen LogP contribution < -0.4 is 10.6 Å². The Morgan fingerprint density at radius 3 is 2.62 bits per heavy atom. The fourth-order valence-corrected chi connectivity index (χ4v) is 1.27. The summed E-state index contributed by atoms with van der Waals surface area (Å²) >= 11 is 3.40. The molecule has 0 radical (unpaired) electrons. The van der Waals surface area contributed by atoms with Gasteiger partial charge >= 0.3 is 0 Å². The molecular formula is C11H16BrN. The standard InChI is InChI=1S/C9H10BrN.C2H6/c1-3-7-5-6-11-9(7)8(10)4-2;1-2/h3-6,11H,2H2,1H3;1-2H3/b7-3-,9-8-;. The van der Waals surface area contributed by atoms with Crippen LogP contribution in [0.3, 0.4) is 0 Å². The summed E-state index contributed by atoms with van der Waals surface area (Å²) in [6, 6.07) is 2.03. The molecule has 0 aliphatic rings. The first kappa shape index (κ1) is 12.2. The van der Waals surface area contributed by atoms with Crippen molar-refractivity contribution >= 4 is 26.5 Å². The average Bonchev–Trinajstić information content (AvgIpc) is 2.67.